The molecule has 0 radical (unpaired) electrons. The van der Waals surface area contributed by atoms with E-state index in [1.54, 1.807) is 5.43 Å². The van der Waals surface area contributed by atoms with Crippen LogP contribution in [0.5, 0.6) is 0 Å². The lowest BCUT2D eigenvalue weighted by molar-refractivity contribution is 0.240. The number of halogens is 2. The van der Waals surface area contributed by atoms with Crippen molar-refractivity contribution < 1.29 is 4.79 Å². The average Bonchev–Trinajstić information content (AvgIpc) is 1.65. The molecule has 0 aromatic rings. The summed E-state index contributed by atoms with van der Waals surface area (Å²) in [6.07, 6.45) is 0. The molecule has 0 rings (SSSR count). The van der Waals surface area contributed by atoms with Crippen LogP contribution in [0.15, 0.2) is 5.11 Å². The van der Waals surface area contributed by atoms with E-state index in [0.29, 0.717) is 4.05 Å². The summed E-state index contributed by atoms with van der Waals surface area (Å²) in [5, 5.41) is 2.42. The van der Waals surface area contributed by atoms with Gasteiger partial charge in [0.05, 0.1) is 0 Å². The fraction of sp³-hybridized carbons (Fsp3) is 0. The van der Waals surface area contributed by atoms with Crippen molar-refractivity contribution in [3.8, 4) is 0 Å². The number of hydrogen-bond acceptors (Lipinski definition) is 3. The average molecular weight is 157 g/mol. The standard InChI is InChI=1S/CH2Cl2N4O/c2-7(3)6-1(8)5-4/h4H,(H,6,8). The predicted molar refractivity (Wildman–Crippen MR) is 27.2 cm³/mol. The molecule has 8 heavy (non-hydrogen) atoms. The van der Waals surface area contributed by atoms with Gasteiger partial charge in [0.25, 0.3) is 0 Å². The summed E-state index contributed by atoms with van der Waals surface area (Å²) >= 11 is 9.75. The van der Waals surface area contributed by atoms with Crippen LogP contribution >= 0.6 is 23.6 Å². The topological polar surface area (TPSA) is 68.5 Å². The maximum absolute atomic E-state index is 9.95. The van der Waals surface area contributed by atoms with Gasteiger partial charge in [-0.2, -0.15) is 5.53 Å². The Morgan fingerprint density at radius 2 is 2.25 bits per heavy atom. The third-order valence-electron chi connectivity index (χ3n) is 0.282. The van der Waals surface area contributed by atoms with Crippen molar-refractivity contribution in [1.82, 2.24) is 9.47 Å². The second-order valence-electron chi connectivity index (χ2n) is 0.762. The summed E-state index contributed by atoms with van der Waals surface area (Å²) < 4.78 is 0.361. The fourth-order valence-corrected chi connectivity index (χ4v) is 0.242. The van der Waals surface area contributed by atoms with Gasteiger partial charge >= 0.3 is 6.03 Å². The van der Waals surface area contributed by atoms with Crippen LogP contribution in [0.1, 0.15) is 0 Å². The Hall–Kier alpha value is -0.390. The van der Waals surface area contributed by atoms with E-state index in [4.69, 9.17) is 29.1 Å². The Morgan fingerprint density at radius 3 is 2.38 bits per heavy atom. The second-order valence-corrected chi connectivity index (χ2v) is 1.61. The van der Waals surface area contributed by atoms with E-state index in [9.17, 15) is 4.79 Å². The van der Waals surface area contributed by atoms with Gasteiger partial charge in [-0.15, -0.1) is 0 Å². The van der Waals surface area contributed by atoms with Crippen LogP contribution in [0.2, 0.25) is 0 Å². The monoisotopic (exact) mass is 156 g/mol. The first-order valence-electron chi connectivity index (χ1n) is 1.46. The number of nitrogens with zero attached hydrogens (tertiary/aromatic N) is 2. The lowest BCUT2D eigenvalue weighted by atomic mass is 11.1. The number of carbonyl (C=O) groups excluding carboxylic acids is 1. The van der Waals surface area contributed by atoms with Crippen LogP contribution in [0, 0.1) is 5.53 Å². The summed E-state index contributed by atoms with van der Waals surface area (Å²) in [5.41, 5.74) is 7.83. The molecule has 5 nitrogen and oxygen atoms in total. The number of carbonyl (C=O) groups is 1. The van der Waals surface area contributed by atoms with Gasteiger partial charge < -0.3 is 0 Å². The SMILES string of the molecule is N=NC(=O)NN(Cl)Cl. The van der Waals surface area contributed by atoms with Crippen molar-refractivity contribution in [3.63, 3.8) is 0 Å². The third-order valence-corrected chi connectivity index (χ3v) is 0.451. The summed E-state index contributed by atoms with van der Waals surface area (Å²) in [7, 11) is 0. The maximum Gasteiger partial charge on any atom is 0.375 e. The zero-order valence-electron chi connectivity index (χ0n) is 3.56. The molecule has 0 unspecified atom stereocenters. The Kier molecular flexibility index (Phi) is 3.42. The highest BCUT2D eigenvalue weighted by atomic mass is 35.5. The lowest BCUT2D eigenvalue weighted by Gasteiger charge is -1.98. The van der Waals surface area contributed by atoms with Gasteiger partial charge in [-0.3, -0.25) is 0 Å². The van der Waals surface area contributed by atoms with Gasteiger partial charge in [0.2, 0.25) is 0 Å². The molecule has 0 aliphatic rings. The second kappa shape index (κ2) is 3.59. The van der Waals surface area contributed by atoms with Crippen molar-refractivity contribution in [3.05, 3.63) is 0 Å². The minimum absolute atomic E-state index is 0.361. The van der Waals surface area contributed by atoms with Gasteiger partial charge in [0.15, 0.2) is 0 Å². The van der Waals surface area contributed by atoms with E-state index in [1.165, 1.54) is 0 Å². The number of hydrogen-bond donors (Lipinski definition) is 2. The van der Waals surface area contributed by atoms with Crippen LogP contribution in [0.25, 0.3) is 0 Å². The molecule has 0 saturated heterocycles. The van der Waals surface area contributed by atoms with Gasteiger partial charge in [-0.1, -0.05) is 5.11 Å². The Labute approximate surface area is 55.2 Å². The van der Waals surface area contributed by atoms with Gasteiger partial charge in [0, 0.05) is 23.6 Å². The van der Waals surface area contributed by atoms with E-state index in [2.05, 4.69) is 5.11 Å². The zero-order chi connectivity index (χ0) is 6.57. The van der Waals surface area contributed by atoms with E-state index in [0.717, 1.165) is 0 Å². The molecule has 0 heterocycles. The molecule has 2 amide bonds. The zero-order valence-corrected chi connectivity index (χ0v) is 5.07. The van der Waals surface area contributed by atoms with Crippen molar-refractivity contribution in [2.24, 2.45) is 5.11 Å². The minimum atomic E-state index is -0.921. The number of urea groups is 1. The third kappa shape index (κ3) is 3.79. The number of nitrogens with one attached hydrogen (secondary N) is 2. The van der Waals surface area contributed by atoms with Gasteiger partial charge in [0.1, 0.15) is 0 Å². The summed E-state index contributed by atoms with van der Waals surface area (Å²) in [6, 6.07) is -0.921. The molecule has 0 aliphatic carbocycles. The van der Waals surface area contributed by atoms with E-state index in [-0.39, 0.29) is 0 Å². The Morgan fingerprint density at radius 1 is 1.75 bits per heavy atom. The minimum Gasteiger partial charge on any atom is -0.243 e. The normalized spacial score (nSPS) is 8.88. The van der Waals surface area contributed by atoms with Crippen LogP contribution in [0.4, 0.5) is 4.79 Å². The predicted octanol–water partition coefficient (Wildman–Crippen LogP) is 1.25. The van der Waals surface area contributed by atoms with E-state index in [1.807, 2.05) is 0 Å². The van der Waals surface area contributed by atoms with Crippen molar-refractivity contribution >= 4 is 29.6 Å². The molecular formula is CH2Cl2N4O. The van der Waals surface area contributed by atoms with Crippen LogP contribution in [-0.2, 0) is 0 Å². The molecule has 0 spiro atoms. The molecule has 0 fully saturated rings. The molecule has 0 aromatic heterocycles. The first-order chi connectivity index (χ1) is 3.66. The number of hydrazine groups is 1. The van der Waals surface area contributed by atoms with Crippen LogP contribution in [0.3, 0.4) is 0 Å². The summed E-state index contributed by atoms with van der Waals surface area (Å²) in [5.74, 6) is 0. The molecule has 46 valence electrons. The molecule has 0 atom stereocenters. The Balaban J connectivity index is 3.39. The van der Waals surface area contributed by atoms with E-state index >= 15 is 0 Å². The van der Waals surface area contributed by atoms with Crippen molar-refractivity contribution in [2.75, 3.05) is 0 Å². The van der Waals surface area contributed by atoms with Gasteiger partial charge in [-0.05, 0) is 4.05 Å². The first kappa shape index (κ1) is 7.61. The highest BCUT2D eigenvalue weighted by Crippen LogP contribution is 1.91. The largest absolute Gasteiger partial charge is 0.375 e. The van der Waals surface area contributed by atoms with Crippen molar-refractivity contribution in [1.29, 1.82) is 5.53 Å². The van der Waals surface area contributed by atoms with Crippen LogP contribution in [-0.4, -0.2) is 10.1 Å². The number of amides is 2. The molecule has 2 N–H and O–H groups in total. The van der Waals surface area contributed by atoms with Gasteiger partial charge in [-0.25, -0.2) is 10.2 Å². The molecule has 0 aromatic carbocycles. The van der Waals surface area contributed by atoms with E-state index < -0.39 is 6.03 Å². The van der Waals surface area contributed by atoms with Crippen LogP contribution < -0.4 is 5.43 Å². The first-order valence-corrected chi connectivity index (χ1v) is 2.14. The lowest BCUT2D eigenvalue weighted by Crippen LogP contribution is -2.25. The fourth-order valence-electron chi connectivity index (χ4n) is 0.0973. The molecule has 7 heteroatoms. The summed E-state index contributed by atoms with van der Waals surface area (Å²) in [4.78, 5) is 9.95. The molecular weight excluding hydrogens is 155 g/mol. The van der Waals surface area contributed by atoms with Crippen molar-refractivity contribution in [2.45, 2.75) is 0 Å². The summed E-state index contributed by atoms with van der Waals surface area (Å²) in [6.45, 7) is 0. The highest BCUT2D eigenvalue weighted by Gasteiger charge is 1.98. The number of rotatable bonds is 1. The molecule has 0 bridgehead atoms. The smallest absolute Gasteiger partial charge is 0.243 e. The maximum atomic E-state index is 9.95. The quantitative estimate of drug-likeness (QED) is 0.341. The molecule has 0 aliphatic heterocycles. The Bertz CT molecular complexity index is 102. The molecule has 0 saturated carbocycles. The highest BCUT2D eigenvalue weighted by molar-refractivity contribution is 6.33.